The Balaban J connectivity index is 1.84. The fourth-order valence-corrected chi connectivity index (χ4v) is 11.6. The van der Waals surface area contributed by atoms with Crippen LogP contribution in [0.2, 0.25) is 0 Å². The van der Waals surface area contributed by atoms with Crippen molar-refractivity contribution in [1.82, 2.24) is 9.80 Å². The number of carbonyl (C=O) groups is 3. The molecule has 3 fully saturated rings. The van der Waals surface area contributed by atoms with Crippen molar-refractivity contribution >= 4 is 51.1 Å². The number of anilines is 1. The molecule has 1 spiro atoms. The van der Waals surface area contributed by atoms with E-state index in [4.69, 9.17) is 0 Å². The molecule has 9 heteroatoms. The minimum absolute atomic E-state index is 0.0443. The summed E-state index contributed by atoms with van der Waals surface area (Å²) in [5.74, 6) is -1.77. The van der Waals surface area contributed by atoms with Crippen LogP contribution in [0.3, 0.4) is 0 Å². The number of halogens is 1. The Labute approximate surface area is 270 Å². The molecule has 3 aliphatic rings. The van der Waals surface area contributed by atoms with E-state index < -0.39 is 34.2 Å². The first-order valence-electron chi connectivity index (χ1n) is 15.3. The molecular weight excluding hydrogens is 626 g/mol. The van der Waals surface area contributed by atoms with Crippen molar-refractivity contribution < 1.29 is 19.5 Å². The summed E-state index contributed by atoms with van der Waals surface area (Å²) in [7, 11) is 0. The van der Waals surface area contributed by atoms with E-state index in [1.54, 1.807) is 33.7 Å². The second-order valence-electron chi connectivity index (χ2n) is 14.0. The number of hydrogen-bond acceptors (Lipinski definition) is 5. The van der Waals surface area contributed by atoms with Crippen molar-refractivity contribution in [3.8, 4) is 0 Å². The van der Waals surface area contributed by atoms with Crippen LogP contribution >= 0.6 is 27.7 Å². The Kier molecular flexibility index (Phi) is 9.99. The molecule has 1 aromatic rings. The van der Waals surface area contributed by atoms with Crippen LogP contribution in [0, 0.1) is 17.3 Å². The Morgan fingerprint density at radius 1 is 1.14 bits per heavy atom. The van der Waals surface area contributed by atoms with Gasteiger partial charge in [-0.15, -0.1) is 24.9 Å². The zero-order valence-corrected chi connectivity index (χ0v) is 28.9. The van der Waals surface area contributed by atoms with Crippen LogP contribution in [0.5, 0.6) is 0 Å². The molecule has 0 aromatic heterocycles. The zero-order chi connectivity index (χ0) is 31.9. The quantitative estimate of drug-likeness (QED) is 0.228. The van der Waals surface area contributed by atoms with E-state index in [1.807, 2.05) is 42.2 Å². The molecule has 1 aromatic carbocycles. The van der Waals surface area contributed by atoms with E-state index in [1.165, 1.54) is 0 Å². The SMILES string of the molecule is C=CCN(C(=O)[C@H]1[C@@H]2SC3(CC2Br)C(C(=O)N(CC=C)C(C)(C)CC(C)(C)C)N([C@@H](CC)CO)C(=O)[C@H]13)c1ccccc1. The van der Waals surface area contributed by atoms with Crippen molar-refractivity contribution in [2.24, 2.45) is 17.3 Å². The molecule has 7 nitrogen and oxygen atoms in total. The summed E-state index contributed by atoms with van der Waals surface area (Å²) in [6, 6.07) is 8.13. The lowest BCUT2D eigenvalue weighted by atomic mass is 9.70. The number of carbonyl (C=O) groups excluding carboxylic acids is 3. The second-order valence-corrected chi connectivity index (χ2v) is 16.7. The summed E-state index contributed by atoms with van der Waals surface area (Å²) < 4.78 is -0.802. The third-order valence-electron chi connectivity index (χ3n) is 9.24. The molecule has 3 amide bonds. The number of amides is 3. The van der Waals surface area contributed by atoms with Crippen molar-refractivity contribution in [1.29, 1.82) is 0 Å². The van der Waals surface area contributed by atoms with Crippen LogP contribution < -0.4 is 4.90 Å². The van der Waals surface area contributed by atoms with Crippen LogP contribution in [0.1, 0.15) is 60.8 Å². The molecule has 7 atom stereocenters. The van der Waals surface area contributed by atoms with E-state index in [-0.39, 0.29) is 39.8 Å². The predicted molar refractivity (Wildman–Crippen MR) is 179 cm³/mol. The molecule has 2 bridgehead atoms. The van der Waals surface area contributed by atoms with Crippen LogP contribution in [-0.4, -0.2) is 84.8 Å². The monoisotopic (exact) mass is 673 g/mol. The molecule has 4 rings (SSSR count). The number of fused-ring (bicyclic) bond motifs is 1. The number of alkyl halides is 1. The van der Waals surface area contributed by atoms with Gasteiger partial charge in [0.15, 0.2) is 0 Å². The minimum atomic E-state index is -0.807. The summed E-state index contributed by atoms with van der Waals surface area (Å²) >= 11 is 5.51. The molecule has 43 heavy (non-hydrogen) atoms. The first kappa shape index (κ1) is 33.8. The van der Waals surface area contributed by atoms with E-state index in [0.29, 0.717) is 25.9 Å². The van der Waals surface area contributed by atoms with Crippen LogP contribution in [0.15, 0.2) is 55.6 Å². The minimum Gasteiger partial charge on any atom is -0.394 e. The third-order valence-corrected chi connectivity index (χ3v) is 12.5. The number of benzene rings is 1. The zero-order valence-electron chi connectivity index (χ0n) is 26.5. The average molecular weight is 675 g/mol. The lowest BCUT2D eigenvalue weighted by molar-refractivity contribution is -0.149. The fraction of sp³-hybridized carbons (Fsp3) is 0.618. The van der Waals surface area contributed by atoms with Gasteiger partial charge in [0.1, 0.15) is 6.04 Å². The number of rotatable bonds is 12. The van der Waals surface area contributed by atoms with Crippen molar-refractivity contribution in [2.75, 3.05) is 24.6 Å². The van der Waals surface area contributed by atoms with Crippen molar-refractivity contribution in [2.45, 2.75) is 93.3 Å². The Morgan fingerprint density at radius 2 is 1.77 bits per heavy atom. The number of para-hydroxylation sites is 1. The van der Waals surface area contributed by atoms with E-state index in [0.717, 1.165) is 12.1 Å². The fourth-order valence-electron chi connectivity index (χ4n) is 7.98. The molecule has 3 saturated heterocycles. The van der Waals surface area contributed by atoms with Crippen LogP contribution in [0.25, 0.3) is 0 Å². The van der Waals surface area contributed by atoms with Gasteiger partial charge in [-0.05, 0) is 50.7 Å². The first-order valence-corrected chi connectivity index (χ1v) is 17.1. The van der Waals surface area contributed by atoms with Gasteiger partial charge in [-0.2, -0.15) is 0 Å². The van der Waals surface area contributed by atoms with Gasteiger partial charge in [-0.3, -0.25) is 14.4 Å². The number of aliphatic hydroxyl groups is 1. The van der Waals surface area contributed by atoms with E-state index in [2.05, 4.69) is 63.7 Å². The largest absolute Gasteiger partial charge is 0.394 e. The molecule has 236 valence electrons. The maximum absolute atomic E-state index is 15.0. The van der Waals surface area contributed by atoms with Gasteiger partial charge in [-0.25, -0.2) is 0 Å². The second kappa shape index (κ2) is 12.7. The third kappa shape index (κ3) is 5.98. The average Bonchev–Trinajstić information content (AvgIpc) is 3.53. The molecule has 1 N–H and O–H groups in total. The summed E-state index contributed by atoms with van der Waals surface area (Å²) in [5.41, 5.74) is 0.182. The van der Waals surface area contributed by atoms with Gasteiger partial charge >= 0.3 is 0 Å². The molecule has 0 radical (unpaired) electrons. The molecule has 0 aliphatic carbocycles. The van der Waals surface area contributed by atoms with Gasteiger partial charge < -0.3 is 19.8 Å². The highest BCUT2D eigenvalue weighted by Crippen LogP contribution is 2.68. The normalized spacial score (nSPS) is 28.9. The van der Waals surface area contributed by atoms with Crippen molar-refractivity contribution in [3.63, 3.8) is 0 Å². The Hall–Kier alpha value is -2.10. The lowest BCUT2D eigenvalue weighted by Gasteiger charge is -2.46. The highest BCUT2D eigenvalue weighted by Gasteiger charge is 2.76. The Bertz CT molecular complexity index is 1230. The molecule has 3 unspecified atom stereocenters. The van der Waals surface area contributed by atoms with Crippen LogP contribution in [0.4, 0.5) is 5.69 Å². The number of hydrogen-bond donors (Lipinski definition) is 1. The van der Waals surface area contributed by atoms with E-state index in [9.17, 15) is 19.5 Å². The molecule has 0 saturated carbocycles. The van der Waals surface area contributed by atoms with Crippen molar-refractivity contribution in [3.05, 3.63) is 55.6 Å². The summed E-state index contributed by atoms with van der Waals surface area (Å²) in [4.78, 5) is 49.3. The van der Waals surface area contributed by atoms with Gasteiger partial charge in [0.2, 0.25) is 17.7 Å². The summed E-state index contributed by atoms with van der Waals surface area (Å²) in [5, 5.41) is 10.3. The highest BCUT2D eigenvalue weighted by molar-refractivity contribution is 9.09. The smallest absolute Gasteiger partial charge is 0.247 e. The Morgan fingerprint density at radius 3 is 2.30 bits per heavy atom. The van der Waals surface area contributed by atoms with Gasteiger partial charge in [0.25, 0.3) is 0 Å². The molecule has 3 aliphatic heterocycles. The lowest BCUT2D eigenvalue weighted by Crippen LogP contribution is -2.61. The number of thioether (sulfide) groups is 1. The number of aliphatic hydroxyl groups excluding tert-OH is 1. The topological polar surface area (TPSA) is 81.2 Å². The number of nitrogens with zero attached hydrogens (tertiary/aromatic N) is 3. The summed E-state index contributed by atoms with van der Waals surface area (Å²) in [6.45, 7) is 20.8. The first-order chi connectivity index (χ1) is 20.2. The van der Waals surface area contributed by atoms with Crippen LogP contribution in [-0.2, 0) is 14.4 Å². The molecule has 3 heterocycles. The maximum atomic E-state index is 15.0. The number of likely N-dealkylation sites (tertiary alicyclic amines) is 1. The highest BCUT2D eigenvalue weighted by atomic mass is 79.9. The maximum Gasteiger partial charge on any atom is 0.247 e. The van der Waals surface area contributed by atoms with Gasteiger partial charge in [-0.1, -0.05) is 74.0 Å². The molecular formula is C34H48BrN3O4S. The standard InChI is InChI=1S/C34H48BrN3O4S/c1-9-17-36(23-15-13-12-14-16-23)29(40)25-26-30(41)38(22(11-3)20-39)28(34(26)19-24(35)27(25)43-34)31(42)37(18-10-2)33(7,8)21-32(4,5)6/h9-10,12-16,22,24-28,39H,1-2,11,17-21H2,3-8H3/t22-,24?,25+,26-,27+,28?,34?/m0/s1. The van der Waals surface area contributed by atoms with Gasteiger partial charge in [0.05, 0.1) is 29.2 Å². The van der Waals surface area contributed by atoms with E-state index >= 15 is 0 Å². The van der Waals surface area contributed by atoms with Gasteiger partial charge in [0, 0.05) is 34.4 Å². The predicted octanol–water partition coefficient (Wildman–Crippen LogP) is 5.67. The summed E-state index contributed by atoms with van der Waals surface area (Å²) in [6.07, 6.45) is 5.28.